The number of hydrogen-bond acceptors (Lipinski definition) is 4. The number of carbonyl (C=O) groups is 1. The summed E-state index contributed by atoms with van der Waals surface area (Å²) in [5, 5.41) is 10.6. The minimum absolute atomic E-state index is 0.172. The standard InChI is InChI=1S/C17H18O4/c1-20-14-8-10-17(19,16(12-14)21-2)11-9-15(18)13-6-4-3-5-7-13/h3-12,16,19H,1-2H3. The Labute approximate surface area is 124 Å². The topological polar surface area (TPSA) is 55.8 Å². The molecule has 2 rings (SSSR count). The van der Waals surface area contributed by atoms with Crippen LogP contribution in [0.15, 0.2) is 66.5 Å². The number of hydrogen-bond donors (Lipinski definition) is 1. The lowest BCUT2D eigenvalue weighted by molar-refractivity contribution is -0.00942. The zero-order valence-corrected chi connectivity index (χ0v) is 12.0. The van der Waals surface area contributed by atoms with Crippen LogP contribution in [0.1, 0.15) is 10.4 Å². The van der Waals surface area contributed by atoms with Crippen LogP contribution < -0.4 is 0 Å². The molecule has 0 bridgehead atoms. The lowest BCUT2D eigenvalue weighted by Crippen LogP contribution is -2.40. The third kappa shape index (κ3) is 3.48. The largest absolute Gasteiger partial charge is 0.497 e. The Kier molecular flexibility index (Phi) is 4.73. The first-order chi connectivity index (χ1) is 10.1. The number of ether oxygens (including phenoxy) is 2. The molecule has 1 aliphatic rings. The first-order valence-electron chi connectivity index (χ1n) is 6.58. The summed E-state index contributed by atoms with van der Waals surface area (Å²) in [5.41, 5.74) is -0.805. The molecule has 0 aromatic heterocycles. The fourth-order valence-electron chi connectivity index (χ4n) is 2.10. The molecule has 21 heavy (non-hydrogen) atoms. The van der Waals surface area contributed by atoms with Crippen LogP contribution >= 0.6 is 0 Å². The Bertz CT molecular complexity index is 586. The number of ketones is 1. The molecule has 0 fully saturated rings. The van der Waals surface area contributed by atoms with Crippen molar-refractivity contribution in [2.45, 2.75) is 11.7 Å². The molecule has 4 nitrogen and oxygen atoms in total. The molecule has 1 aliphatic carbocycles. The van der Waals surface area contributed by atoms with E-state index in [2.05, 4.69) is 0 Å². The fourth-order valence-corrected chi connectivity index (χ4v) is 2.10. The lowest BCUT2D eigenvalue weighted by Gasteiger charge is -2.30. The third-order valence-electron chi connectivity index (χ3n) is 3.34. The Hall–Kier alpha value is -2.17. The van der Waals surface area contributed by atoms with E-state index in [9.17, 15) is 9.90 Å². The monoisotopic (exact) mass is 286 g/mol. The van der Waals surface area contributed by atoms with Gasteiger partial charge in [-0.2, -0.15) is 0 Å². The first kappa shape index (κ1) is 15.2. The molecule has 1 N–H and O–H groups in total. The molecule has 0 radical (unpaired) electrons. The van der Waals surface area contributed by atoms with E-state index >= 15 is 0 Å². The second kappa shape index (κ2) is 6.52. The Morgan fingerprint density at radius 3 is 2.62 bits per heavy atom. The van der Waals surface area contributed by atoms with Crippen molar-refractivity contribution in [3.8, 4) is 0 Å². The van der Waals surface area contributed by atoms with E-state index in [1.165, 1.54) is 19.3 Å². The van der Waals surface area contributed by atoms with Gasteiger partial charge in [-0.1, -0.05) is 30.3 Å². The summed E-state index contributed by atoms with van der Waals surface area (Å²) >= 11 is 0. The molecular formula is C17H18O4. The van der Waals surface area contributed by atoms with Crippen molar-refractivity contribution in [1.82, 2.24) is 0 Å². The summed E-state index contributed by atoms with van der Waals surface area (Å²) in [4.78, 5) is 12.0. The number of rotatable bonds is 5. The van der Waals surface area contributed by atoms with Crippen LogP contribution in [-0.2, 0) is 9.47 Å². The predicted octanol–water partition coefficient (Wildman–Crippen LogP) is 2.27. The summed E-state index contributed by atoms with van der Waals surface area (Å²) in [7, 11) is 3.04. The third-order valence-corrected chi connectivity index (χ3v) is 3.34. The van der Waals surface area contributed by atoms with Crippen LogP contribution in [0.25, 0.3) is 0 Å². The van der Waals surface area contributed by atoms with Gasteiger partial charge in [-0.05, 0) is 30.4 Å². The Morgan fingerprint density at radius 2 is 2.00 bits per heavy atom. The van der Waals surface area contributed by atoms with Gasteiger partial charge in [0.25, 0.3) is 0 Å². The van der Waals surface area contributed by atoms with E-state index in [0.29, 0.717) is 11.3 Å². The van der Waals surface area contributed by atoms with Crippen molar-refractivity contribution in [3.63, 3.8) is 0 Å². The van der Waals surface area contributed by atoms with Gasteiger partial charge in [0.1, 0.15) is 17.5 Å². The first-order valence-corrected chi connectivity index (χ1v) is 6.58. The molecule has 1 aromatic rings. The van der Waals surface area contributed by atoms with Gasteiger partial charge < -0.3 is 14.6 Å². The normalized spacial score (nSPS) is 24.9. The summed E-state index contributed by atoms with van der Waals surface area (Å²) in [6.07, 6.45) is 7.05. The number of benzene rings is 1. The molecule has 0 heterocycles. The summed E-state index contributed by atoms with van der Waals surface area (Å²) in [6.45, 7) is 0. The number of aliphatic hydroxyl groups is 1. The van der Waals surface area contributed by atoms with Crippen LogP contribution in [0, 0.1) is 0 Å². The van der Waals surface area contributed by atoms with Gasteiger partial charge in [-0.3, -0.25) is 4.79 Å². The fraction of sp³-hybridized carbons (Fsp3) is 0.235. The van der Waals surface area contributed by atoms with Crippen molar-refractivity contribution in [2.75, 3.05) is 14.2 Å². The van der Waals surface area contributed by atoms with Crippen molar-refractivity contribution in [2.24, 2.45) is 0 Å². The van der Waals surface area contributed by atoms with Crippen LogP contribution in [0.2, 0.25) is 0 Å². The molecule has 2 unspecified atom stereocenters. The second-order valence-corrected chi connectivity index (χ2v) is 4.71. The molecule has 0 spiro atoms. The average Bonchev–Trinajstić information content (AvgIpc) is 2.54. The van der Waals surface area contributed by atoms with E-state index in [1.807, 2.05) is 6.07 Å². The van der Waals surface area contributed by atoms with Crippen LogP contribution in [0.5, 0.6) is 0 Å². The average molecular weight is 286 g/mol. The summed E-state index contributed by atoms with van der Waals surface area (Å²) in [6, 6.07) is 8.88. The molecule has 0 aliphatic heterocycles. The summed E-state index contributed by atoms with van der Waals surface area (Å²) in [5.74, 6) is 0.433. The highest BCUT2D eigenvalue weighted by molar-refractivity contribution is 6.04. The number of carbonyl (C=O) groups excluding carboxylic acids is 1. The minimum Gasteiger partial charge on any atom is -0.497 e. The molecule has 4 heteroatoms. The quantitative estimate of drug-likeness (QED) is 0.666. The Balaban J connectivity index is 2.18. The van der Waals surface area contributed by atoms with Crippen molar-refractivity contribution < 1.29 is 19.4 Å². The number of methoxy groups -OCH3 is 2. The van der Waals surface area contributed by atoms with Gasteiger partial charge in [0.15, 0.2) is 5.78 Å². The van der Waals surface area contributed by atoms with Crippen molar-refractivity contribution in [1.29, 1.82) is 0 Å². The highest BCUT2D eigenvalue weighted by atomic mass is 16.5. The Morgan fingerprint density at radius 1 is 1.29 bits per heavy atom. The van der Waals surface area contributed by atoms with Gasteiger partial charge >= 0.3 is 0 Å². The van der Waals surface area contributed by atoms with E-state index in [1.54, 1.807) is 49.6 Å². The molecular weight excluding hydrogens is 268 g/mol. The SMILES string of the molecule is COC1=CC(OC)C(O)(C=CC(=O)c2ccccc2)C=C1. The maximum Gasteiger partial charge on any atom is 0.185 e. The van der Waals surface area contributed by atoms with Gasteiger partial charge in [-0.25, -0.2) is 0 Å². The molecule has 0 amide bonds. The molecule has 0 saturated heterocycles. The van der Waals surface area contributed by atoms with E-state index in [-0.39, 0.29) is 5.78 Å². The molecule has 110 valence electrons. The van der Waals surface area contributed by atoms with E-state index in [4.69, 9.17) is 9.47 Å². The second-order valence-electron chi connectivity index (χ2n) is 4.71. The van der Waals surface area contributed by atoms with E-state index < -0.39 is 11.7 Å². The smallest absolute Gasteiger partial charge is 0.185 e. The molecule has 0 saturated carbocycles. The minimum atomic E-state index is -1.37. The maximum atomic E-state index is 12.0. The molecule has 1 aromatic carbocycles. The number of allylic oxidation sites excluding steroid dienone is 2. The summed E-state index contributed by atoms with van der Waals surface area (Å²) < 4.78 is 10.4. The van der Waals surface area contributed by atoms with Crippen LogP contribution in [0.4, 0.5) is 0 Å². The zero-order valence-electron chi connectivity index (χ0n) is 12.0. The van der Waals surface area contributed by atoms with Crippen molar-refractivity contribution >= 4 is 5.78 Å². The van der Waals surface area contributed by atoms with Gasteiger partial charge in [-0.15, -0.1) is 0 Å². The highest BCUT2D eigenvalue weighted by Crippen LogP contribution is 2.25. The van der Waals surface area contributed by atoms with E-state index in [0.717, 1.165) is 0 Å². The zero-order chi connectivity index (χ0) is 15.3. The van der Waals surface area contributed by atoms with Crippen LogP contribution in [0.3, 0.4) is 0 Å². The predicted molar refractivity (Wildman–Crippen MR) is 79.9 cm³/mol. The van der Waals surface area contributed by atoms with Crippen LogP contribution in [-0.4, -0.2) is 36.8 Å². The van der Waals surface area contributed by atoms with Gasteiger partial charge in [0, 0.05) is 12.7 Å². The highest BCUT2D eigenvalue weighted by Gasteiger charge is 2.33. The molecule has 2 atom stereocenters. The van der Waals surface area contributed by atoms with Gasteiger partial charge in [0.05, 0.1) is 7.11 Å². The van der Waals surface area contributed by atoms with Gasteiger partial charge in [0.2, 0.25) is 0 Å². The van der Waals surface area contributed by atoms with Crippen molar-refractivity contribution in [3.05, 3.63) is 72.0 Å². The maximum absolute atomic E-state index is 12.0. The lowest BCUT2D eigenvalue weighted by atomic mass is 9.90.